The van der Waals surface area contributed by atoms with Gasteiger partial charge in [-0.1, -0.05) is 0 Å². The zero-order chi connectivity index (χ0) is 11.6. The fourth-order valence-electron chi connectivity index (χ4n) is 2.09. The van der Waals surface area contributed by atoms with Crippen molar-refractivity contribution >= 4 is 11.8 Å². The predicted molar refractivity (Wildman–Crippen MR) is 72.2 cm³/mol. The predicted octanol–water partition coefficient (Wildman–Crippen LogP) is 1.18. The Morgan fingerprint density at radius 2 is 2.06 bits per heavy atom. The quantitative estimate of drug-likeness (QED) is 0.599. The molecule has 0 amide bonds. The minimum Gasteiger partial charge on any atom is -0.390 e. The van der Waals surface area contributed by atoms with E-state index in [1.165, 1.54) is 44.5 Å². The third-order valence-corrected chi connectivity index (χ3v) is 3.70. The van der Waals surface area contributed by atoms with Gasteiger partial charge in [-0.2, -0.15) is 11.8 Å². The molecule has 1 rings (SSSR count). The van der Waals surface area contributed by atoms with Crippen LogP contribution >= 0.6 is 11.8 Å². The summed E-state index contributed by atoms with van der Waals surface area (Å²) in [5.41, 5.74) is 0. The molecule has 0 saturated carbocycles. The molecule has 1 atom stereocenters. The monoisotopic (exact) mass is 246 g/mol. The van der Waals surface area contributed by atoms with Crippen LogP contribution in [0.3, 0.4) is 0 Å². The minimum absolute atomic E-state index is 0.196. The van der Waals surface area contributed by atoms with Crippen LogP contribution in [-0.4, -0.2) is 60.8 Å². The van der Waals surface area contributed by atoms with Gasteiger partial charge >= 0.3 is 0 Å². The van der Waals surface area contributed by atoms with Gasteiger partial charge in [0.2, 0.25) is 0 Å². The molecule has 1 unspecified atom stereocenters. The third-order valence-electron chi connectivity index (χ3n) is 3.00. The van der Waals surface area contributed by atoms with Gasteiger partial charge in [0.15, 0.2) is 0 Å². The molecule has 4 heteroatoms. The molecule has 0 aromatic carbocycles. The highest BCUT2D eigenvalue weighted by molar-refractivity contribution is 7.98. The Bertz CT molecular complexity index is 163. The van der Waals surface area contributed by atoms with E-state index in [2.05, 4.69) is 16.5 Å². The zero-order valence-electron chi connectivity index (χ0n) is 10.5. The van der Waals surface area contributed by atoms with Crippen LogP contribution in [0.25, 0.3) is 0 Å². The summed E-state index contributed by atoms with van der Waals surface area (Å²) in [5.74, 6) is 1.25. The molecular weight excluding hydrogens is 220 g/mol. The van der Waals surface area contributed by atoms with Gasteiger partial charge in [0.25, 0.3) is 0 Å². The average Bonchev–Trinajstić information content (AvgIpc) is 2.76. The number of hydrogen-bond donors (Lipinski definition) is 2. The van der Waals surface area contributed by atoms with Gasteiger partial charge in [0.05, 0.1) is 6.10 Å². The summed E-state index contributed by atoms with van der Waals surface area (Å²) in [6.07, 6.45) is 7.04. The lowest BCUT2D eigenvalue weighted by molar-refractivity contribution is 0.123. The Kier molecular flexibility index (Phi) is 8.29. The van der Waals surface area contributed by atoms with Crippen LogP contribution in [0.4, 0.5) is 0 Å². The second-order valence-electron chi connectivity index (χ2n) is 4.57. The molecule has 1 aliphatic heterocycles. The molecule has 0 aromatic heterocycles. The van der Waals surface area contributed by atoms with Crippen molar-refractivity contribution in [1.82, 2.24) is 10.2 Å². The van der Waals surface area contributed by atoms with Gasteiger partial charge in [-0.25, -0.2) is 0 Å². The molecule has 16 heavy (non-hydrogen) atoms. The molecule has 0 radical (unpaired) electrons. The SMILES string of the molecule is CSCCCCNCC(O)CN1CCCC1. The summed E-state index contributed by atoms with van der Waals surface area (Å²) < 4.78 is 0. The normalized spacial score (nSPS) is 19.1. The molecule has 2 N–H and O–H groups in total. The van der Waals surface area contributed by atoms with Gasteiger partial charge in [-0.05, 0) is 57.3 Å². The van der Waals surface area contributed by atoms with Crippen LogP contribution in [0, 0.1) is 0 Å². The molecule has 1 aliphatic rings. The molecule has 0 spiro atoms. The Labute approximate surface area is 104 Å². The number of aliphatic hydroxyl groups is 1. The van der Waals surface area contributed by atoms with Crippen LogP contribution in [0.15, 0.2) is 0 Å². The number of likely N-dealkylation sites (tertiary alicyclic amines) is 1. The summed E-state index contributed by atoms with van der Waals surface area (Å²) in [4.78, 5) is 2.36. The fraction of sp³-hybridized carbons (Fsp3) is 1.00. The molecule has 1 fully saturated rings. The molecule has 96 valence electrons. The van der Waals surface area contributed by atoms with Crippen LogP contribution in [-0.2, 0) is 0 Å². The molecule has 0 bridgehead atoms. The van der Waals surface area contributed by atoms with E-state index in [0.717, 1.165) is 19.6 Å². The number of β-amino-alcohol motifs (C(OH)–C–C–N with tert-alkyl or cyclic N) is 1. The van der Waals surface area contributed by atoms with Crippen LogP contribution in [0.1, 0.15) is 25.7 Å². The molecular formula is C12H26N2OS. The van der Waals surface area contributed by atoms with E-state index in [4.69, 9.17) is 0 Å². The first-order chi connectivity index (χ1) is 7.83. The Hall–Kier alpha value is 0.230. The van der Waals surface area contributed by atoms with E-state index >= 15 is 0 Å². The van der Waals surface area contributed by atoms with Crippen molar-refractivity contribution in [1.29, 1.82) is 0 Å². The van der Waals surface area contributed by atoms with Crippen molar-refractivity contribution in [2.75, 3.05) is 44.7 Å². The fourth-order valence-corrected chi connectivity index (χ4v) is 2.59. The van der Waals surface area contributed by atoms with E-state index in [9.17, 15) is 5.11 Å². The minimum atomic E-state index is -0.196. The number of rotatable bonds is 9. The lowest BCUT2D eigenvalue weighted by Crippen LogP contribution is -2.37. The third kappa shape index (κ3) is 6.74. The number of nitrogens with zero attached hydrogens (tertiary/aromatic N) is 1. The van der Waals surface area contributed by atoms with Crippen LogP contribution < -0.4 is 5.32 Å². The lowest BCUT2D eigenvalue weighted by Gasteiger charge is -2.19. The number of unbranched alkanes of at least 4 members (excludes halogenated alkanes) is 1. The topological polar surface area (TPSA) is 35.5 Å². The second-order valence-corrected chi connectivity index (χ2v) is 5.55. The largest absolute Gasteiger partial charge is 0.390 e. The van der Waals surface area contributed by atoms with E-state index in [1.54, 1.807) is 0 Å². The highest BCUT2D eigenvalue weighted by atomic mass is 32.2. The van der Waals surface area contributed by atoms with E-state index in [1.807, 2.05) is 11.8 Å². The van der Waals surface area contributed by atoms with E-state index in [0.29, 0.717) is 0 Å². The first-order valence-corrected chi connectivity index (χ1v) is 7.82. The molecule has 0 aliphatic carbocycles. The Balaban J connectivity index is 1.87. The maximum Gasteiger partial charge on any atom is 0.0791 e. The molecule has 0 aromatic rings. The number of thioether (sulfide) groups is 1. The van der Waals surface area contributed by atoms with Gasteiger partial charge in [0, 0.05) is 13.1 Å². The first-order valence-electron chi connectivity index (χ1n) is 6.43. The number of hydrogen-bond acceptors (Lipinski definition) is 4. The van der Waals surface area contributed by atoms with Crippen molar-refractivity contribution in [3.05, 3.63) is 0 Å². The van der Waals surface area contributed by atoms with E-state index < -0.39 is 0 Å². The Morgan fingerprint density at radius 3 is 2.75 bits per heavy atom. The standard InChI is InChI=1S/C12H26N2OS/c1-16-9-5-2-6-13-10-12(15)11-14-7-3-4-8-14/h12-13,15H,2-11H2,1H3. The summed E-state index contributed by atoms with van der Waals surface area (Å²) in [5, 5.41) is 13.1. The van der Waals surface area contributed by atoms with Crippen LogP contribution in [0.5, 0.6) is 0 Å². The maximum atomic E-state index is 9.80. The van der Waals surface area contributed by atoms with Crippen molar-refractivity contribution in [2.45, 2.75) is 31.8 Å². The van der Waals surface area contributed by atoms with Gasteiger partial charge < -0.3 is 15.3 Å². The first kappa shape index (κ1) is 14.3. The van der Waals surface area contributed by atoms with Crippen molar-refractivity contribution in [3.8, 4) is 0 Å². The van der Waals surface area contributed by atoms with Crippen molar-refractivity contribution in [2.24, 2.45) is 0 Å². The summed E-state index contributed by atoms with van der Waals surface area (Å²) in [6, 6.07) is 0. The smallest absolute Gasteiger partial charge is 0.0791 e. The zero-order valence-corrected chi connectivity index (χ0v) is 11.3. The number of aliphatic hydroxyl groups excluding tert-OH is 1. The maximum absolute atomic E-state index is 9.80. The van der Waals surface area contributed by atoms with Crippen molar-refractivity contribution in [3.63, 3.8) is 0 Å². The van der Waals surface area contributed by atoms with Gasteiger partial charge in [-0.15, -0.1) is 0 Å². The molecule has 3 nitrogen and oxygen atoms in total. The van der Waals surface area contributed by atoms with Crippen LogP contribution in [0.2, 0.25) is 0 Å². The lowest BCUT2D eigenvalue weighted by atomic mass is 10.3. The summed E-state index contributed by atoms with van der Waals surface area (Å²) >= 11 is 1.90. The van der Waals surface area contributed by atoms with E-state index in [-0.39, 0.29) is 6.10 Å². The summed E-state index contributed by atoms with van der Waals surface area (Å²) in [7, 11) is 0. The number of nitrogens with one attached hydrogen (secondary N) is 1. The van der Waals surface area contributed by atoms with Crippen molar-refractivity contribution < 1.29 is 5.11 Å². The second kappa shape index (κ2) is 9.28. The highest BCUT2D eigenvalue weighted by Gasteiger charge is 2.14. The molecule has 1 heterocycles. The van der Waals surface area contributed by atoms with Gasteiger partial charge in [-0.3, -0.25) is 0 Å². The average molecular weight is 246 g/mol. The summed E-state index contributed by atoms with van der Waals surface area (Å²) in [6.45, 7) is 4.97. The molecule has 1 saturated heterocycles. The highest BCUT2D eigenvalue weighted by Crippen LogP contribution is 2.07. The Morgan fingerprint density at radius 1 is 1.31 bits per heavy atom. The van der Waals surface area contributed by atoms with Gasteiger partial charge in [0.1, 0.15) is 0 Å².